The van der Waals surface area contributed by atoms with Crippen LogP contribution in [0.1, 0.15) is 19.4 Å². The van der Waals surface area contributed by atoms with E-state index in [9.17, 15) is 27.9 Å². The first-order valence-corrected chi connectivity index (χ1v) is 7.42. The number of aromatic hydroxyl groups is 1. The van der Waals surface area contributed by atoms with Crippen molar-refractivity contribution in [3.05, 3.63) is 26.8 Å². The smallest absolute Gasteiger partial charge is 0.506 e. The van der Waals surface area contributed by atoms with Crippen molar-refractivity contribution >= 4 is 40.6 Å². The molecule has 1 saturated heterocycles. The molecule has 0 saturated carbocycles. The van der Waals surface area contributed by atoms with Crippen LogP contribution in [0.4, 0.5) is 13.2 Å². The van der Waals surface area contributed by atoms with Crippen LogP contribution in [0.25, 0.3) is 6.08 Å². The minimum atomic E-state index is -4.93. The number of ether oxygens (including phenoxy) is 3. The molecular formula is C14H10F3IO6. The minimum Gasteiger partial charge on any atom is -0.506 e. The fraction of sp³-hybridized carbons (Fsp3) is 0.286. The highest BCUT2D eigenvalue weighted by Crippen LogP contribution is 2.34. The maximum atomic E-state index is 12.3. The quantitative estimate of drug-likeness (QED) is 0.318. The van der Waals surface area contributed by atoms with Crippen LogP contribution < -0.4 is 4.74 Å². The molecule has 0 atom stereocenters. The standard InChI is InChI=1S/C14H10F3IO6/c1-13(2)23-11(20)8(12(21)24-13)4-6-3-7(22-14(15,16)17)5-9(18)10(6)19/h3-5,19H,1-2H3. The SMILES string of the molecule is CC1(C)OC(=O)C(=Cc2cc(OC(F)(F)F)cc(I)c2O)C(=O)O1. The lowest BCUT2D eigenvalue weighted by atomic mass is 10.1. The normalized spacial score (nSPS) is 17.2. The van der Waals surface area contributed by atoms with Gasteiger partial charge in [0.2, 0.25) is 0 Å². The molecule has 0 aliphatic carbocycles. The molecule has 10 heteroatoms. The molecule has 0 spiro atoms. The Labute approximate surface area is 147 Å². The van der Waals surface area contributed by atoms with E-state index in [1.54, 1.807) is 22.6 Å². The molecule has 1 heterocycles. The summed E-state index contributed by atoms with van der Waals surface area (Å²) in [4.78, 5) is 23.7. The molecule has 1 fully saturated rings. The highest BCUT2D eigenvalue weighted by molar-refractivity contribution is 14.1. The molecule has 0 aromatic heterocycles. The summed E-state index contributed by atoms with van der Waals surface area (Å²) in [6.45, 7) is 2.69. The second-order valence-corrected chi connectivity index (χ2v) is 6.29. The van der Waals surface area contributed by atoms with Crippen molar-refractivity contribution in [1.29, 1.82) is 0 Å². The van der Waals surface area contributed by atoms with Gasteiger partial charge in [-0.2, -0.15) is 0 Å². The highest BCUT2D eigenvalue weighted by atomic mass is 127. The number of alkyl halides is 3. The predicted octanol–water partition coefficient (Wildman–Crippen LogP) is 3.11. The molecule has 0 amide bonds. The summed E-state index contributed by atoms with van der Waals surface area (Å²) in [5, 5.41) is 9.93. The monoisotopic (exact) mass is 458 g/mol. The Hall–Kier alpha value is -1.98. The third kappa shape index (κ3) is 4.30. The number of hydrogen-bond donors (Lipinski definition) is 1. The van der Waals surface area contributed by atoms with Gasteiger partial charge in [-0.1, -0.05) is 0 Å². The van der Waals surface area contributed by atoms with E-state index in [0.717, 1.165) is 18.2 Å². The number of carbonyl (C=O) groups is 2. The predicted molar refractivity (Wildman–Crippen MR) is 81.7 cm³/mol. The van der Waals surface area contributed by atoms with Crippen molar-refractivity contribution < 1.29 is 42.1 Å². The first-order valence-electron chi connectivity index (χ1n) is 6.34. The number of hydrogen-bond acceptors (Lipinski definition) is 6. The zero-order valence-corrected chi connectivity index (χ0v) is 14.4. The van der Waals surface area contributed by atoms with Crippen LogP contribution in [0.15, 0.2) is 17.7 Å². The molecule has 0 bridgehead atoms. The second-order valence-electron chi connectivity index (χ2n) is 5.13. The van der Waals surface area contributed by atoms with E-state index in [1.807, 2.05) is 0 Å². The van der Waals surface area contributed by atoms with Gasteiger partial charge in [-0.15, -0.1) is 13.2 Å². The van der Waals surface area contributed by atoms with Crippen LogP contribution in [0.5, 0.6) is 11.5 Å². The fourth-order valence-corrected chi connectivity index (χ4v) is 2.45. The third-order valence-corrected chi connectivity index (χ3v) is 3.54. The Bertz CT molecular complexity index is 717. The largest absolute Gasteiger partial charge is 0.573 e. The molecule has 0 unspecified atom stereocenters. The summed E-state index contributed by atoms with van der Waals surface area (Å²) in [5.41, 5.74) is -0.797. The van der Waals surface area contributed by atoms with Crippen LogP contribution in [0.2, 0.25) is 0 Å². The zero-order chi connectivity index (χ0) is 18.3. The Kier molecular flexibility index (Phi) is 4.70. The summed E-state index contributed by atoms with van der Waals surface area (Å²) in [7, 11) is 0. The van der Waals surface area contributed by atoms with Crippen molar-refractivity contribution in [1.82, 2.24) is 0 Å². The van der Waals surface area contributed by atoms with E-state index in [4.69, 9.17) is 9.47 Å². The zero-order valence-electron chi connectivity index (χ0n) is 12.2. The maximum Gasteiger partial charge on any atom is 0.573 e. The first-order chi connectivity index (χ1) is 10.9. The molecule has 1 N–H and O–H groups in total. The number of halogens is 4. The summed E-state index contributed by atoms with van der Waals surface area (Å²) < 4.78 is 50.5. The number of benzene rings is 1. The first kappa shape index (κ1) is 18.4. The molecule has 1 aliphatic heterocycles. The number of phenols is 1. The van der Waals surface area contributed by atoms with E-state index in [2.05, 4.69) is 4.74 Å². The van der Waals surface area contributed by atoms with Gasteiger partial charge >= 0.3 is 18.3 Å². The van der Waals surface area contributed by atoms with Crippen molar-refractivity contribution in [2.45, 2.75) is 26.0 Å². The van der Waals surface area contributed by atoms with Crippen LogP contribution in [-0.4, -0.2) is 29.2 Å². The molecule has 2 rings (SSSR count). The van der Waals surface area contributed by atoms with Crippen molar-refractivity contribution in [2.75, 3.05) is 0 Å². The molecule has 6 nitrogen and oxygen atoms in total. The van der Waals surface area contributed by atoms with E-state index in [0.29, 0.717) is 0 Å². The molecule has 130 valence electrons. The second kappa shape index (κ2) is 6.15. The molecule has 1 aromatic rings. The van der Waals surface area contributed by atoms with Gasteiger partial charge in [-0.3, -0.25) is 0 Å². The lowest BCUT2D eigenvalue weighted by Crippen LogP contribution is -2.41. The van der Waals surface area contributed by atoms with Gasteiger partial charge in [-0.05, 0) is 40.8 Å². The maximum absolute atomic E-state index is 12.3. The molecule has 1 aliphatic rings. The van der Waals surface area contributed by atoms with Crippen molar-refractivity contribution in [2.24, 2.45) is 0 Å². The van der Waals surface area contributed by atoms with Crippen molar-refractivity contribution in [3.8, 4) is 11.5 Å². The van der Waals surface area contributed by atoms with E-state index >= 15 is 0 Å². The van der Waals surface area contributed by atoms with Gasteiger partial charge < -0.3 is 19.3 Å². The summed E-state index contributed by atoms with van der Waals surface area (Å²) >= 11 is 1.58. The van der Waals surface area contributed by atoms with E-state index in [-0.39, 0.29) is 9.13 Å². The Morgan fingerprint density at radius 2 is 1.75 bits per heavy atom. The van der Waals surface area contributed by atoms with Gasteiger partial charge in [0.1, 0.15) is 17.1 Å². The van der Waals surface area contributed by atoms with Gasteiger partial charge in [-0.25, -0.2) is 9.59 Å². The Morgan fingerprint density at radius 3 is 2.25 bits per heavy atom. The molecule has 1 aromatic carbocycles. The van der Waals surface area contributed by atoms with Gasteiger partial charge in [0.25, 0.3) is 5.79 Å². The van der Waals surface area contributed by atoms with E-state index < -0.39 is 41.2 Å². The molecule has 0 radical (unpaired) electrons. The lowest BCUT2D eigenvalue weighted by molar-refractivity contribution is -0.274. The summed E-state index contributed by atoms with van der Waals surface area (Å²) in [5.74, 6) is -4.54. The average Bonchev–Trinajstić information content (AvgIpc) is 2.36. The topological polar surface area (TPSA) is 82.1 Å². The van der Waals surface area contributed by atoms with Crippen LogP contribution in [0.3, 0.4) is 0 Å². The number of esters is 2. The summed E-state index contributed by atoms with van der Waals surface area (Å²) in [6, 6.07) is 1.78. The third-order valence-electron chi connectivity index (χ3n) is 2.72. The Balaban J connectivity index is 2.45. The molecule has 24 heavy (non-hydrogen) atoms. The fourth-order valence-electron chi connectivity index (χ4n) is 1.83. The molecular weight excluding hydrogens is 448 g/mol. The average molecular weight is 458 g/mol. The number of rotatable bonds is 2. The Morgan fingerprint density at radius 1 is 1.21 bits per heavy atom. The van der Waals surface area contributed by atoms with Gasteiger partial charge in [0.15, 0.2) is 0 Å². The number of cyclic esters (lactones) is 2. The van der Waals surface area contributed by atoms with Crippen LogP contribution >= 0.6 is 22.6 Å². The minimum absolute atomic E-state index is 0.0269. The van der Waals surface area contributed by atoms with E-state index in [1.165, 1.54) is 13.8 Å². The van der Waals surface area contributed by atoms with Gasteiger partial charge in [0.05, 0.1) is 3.57 Å². The van der Waals surface area contributed by atoms with Crippen LogP contribution in [-0.2, 0) is 19.1 Å². The lowest BCUT2D eigenvalue weighted by Gasteiger charge is -2.29. The van der Waals surface area contributed by atoms with Crippen LogP contribution in [0, 0.1) is 3.57 Å². The number of phenolic OH excluding ortho intramolecular Hbond substituents is 1. The number of carbonyl (C=O) groups excluding carboxylic acids is 2. The summed E-state index contributed by atoms with van der Waals surface area (Å²) in [6.07, 6.45) is -4.06. The van der Waals surface area contributed by atoms with Gasteiger partial charge in [0, 0.05) is 19.4 Å². The highest BCUT2D eigenvalue weighted by Gasteiger charge is 2.39. The van der Waals surface area contributed by atoms with Crippen molar-refractivity contribution in [3.63, 3.8) is 0 Å².